The summed E-state index contributed by atoms with van der Waals surface area (Å²) in [5.41, 5.74) is 2.68. The van der Waals surface area contributed by atoms with Crippen LogP contribution in [0.2, 0.25) is 0 Å². The normalized spacial score (nSPS) is 10.6. The fraction of sp³-hybridized carbons (Fsp3) is 0.357. The molecule has 0 saturated carbocycles. The lowest BCUT2D eigenvalue weighted by Crippen LogP contribution is -2.08. The highest BCUT2D eigenvalue weighted by atomic mass is 16.5. The molecule has 18 heavy (non-hydrogen) atoms. The summed E-state index contributed by atoms with van der Waals surface area (Å²) in [6, 6.07) is 5.57. The van der Waals surface area contributed by atoms with Gasteiger partial charge in [0.25, 0.3) is 0 Å². The van der Waals surface area contributed by atoms with Crippen molar-refractivity contribution in [1.82, 2.24) is 4.98 Å². The van der Waals surface area contributed by atoms with E-state index in [1.54, 1.807) is 6.07 Å². The zero-order valence-electron chi connectivity index (χ0n) is 11.0. The van der Waals surface area contributed by atoms with E-state index in [1.807, 2.05) is 44.2 Å². The quantitative estimate of drug-likeness (QED) is 0.844. The average molecular weight is 246 g/mol. The number of esters is 1. The number of fused-ring (bicyclic) bond motifs is 1. The summed E-state index contributed by atoms with van der Waals surface area (Å²) in [4.78, 5) is 17.0. The molecule has 0 fully saturated rings. The number of H-pyrrole nitrogens is 1. The van der Waals surface area contributed by atoms with Gasteiger partial charge in [-0.2, -0.15) is 0 Å². The number of rotatable bonds is 4. The molecule has 0 aliphatic carbocycles. The number of nitrogens with one attached hydrogen (secondary N) is 1. The van der Waals surface area contributed by atoms with Crippen LogP contribution in [0.15, 0.2) is 24.4 Å². The van der Waals surface area contributed by atoms with Crippen LogP contribution in [0.1, 0.15) is 23.7 Å². The molecule has 1 N–H and O–H groups in total. The largest absolute Gasteiger partial charge is 0.462 e. The fourth-order valence-electron chi connectivity index (χ4n) is 1.88. The maximum atomic E-state index is 11.8. The minimum atomic E-state index is -0.260. The van der Waals surface area contributed by atoms with E-state index >= 15 is 0 Å². The first kappa shape index (κ1) is 12.5. The van der Waals surface area contributed by atoms with Gasteiger partial charge in [-0.3, -0.25) is 0 Å². The lowest BCUT2D eigenvalue weighted by molar-refractivity contribution is 0.0505. The van der Waals surface area contributed by atoms with E-state index in [4.69, 9.17) is 4.74 Å². The summed E-state index contributed by atoms with van der Waals surface area (Å²) in [6.45, 7) is 2.44. The van der Waals surface area contributed by atoms with Crippen molar-refractivity contribution in [3.63, 3.8) is 0 Å². The number of nitrogens with zero attached hydrogens (tertiary/aromatic N) is 1. The number of carbonyl (C=O) groups excluding carboxylic acids is 1. The van der Waals surface area contributed by atoms with Gasteiger partial charge in [0.2, 0.25) is 0 Å². The van der Waals surface area contributed by atoms with Crippen LogP contribution in [-0.2, 0) is 4.74 Å². The average Bonchev–Trinajstić information content (AvgIpc) is 2.78. The first-order chi connectivity index (χ1) is 8.63. The van der Waals surface area contributed by atoms with Crippen LogP contribution in [0.3, 0.4) is 0 Å². The SMILES string of the molecule is CCCOC(=O)c1ccc2[nH]cc(N(C)C)c2c1. The molecular formula is C14H18N2O2. The zero-order valence-corrected chi connectivity index (χ0v) is 11.0. The third-order valence-electron chi connectivity index (χ3n) is 2.81. The standard InChI is InChI=1S/C14H18N2O2/c1-4-7-18-14(17)10-5-6-12-11(8-10)13(9-15-12)16(2)3/h5-6,8-9,15H,4,7H2,1-3H3. The molecule has 0 spiro atoms. The van der Waals surface area contributed by atoms with Gasteiger partial charge in [-0.15, -0.1) is 0 Å². The third-order valence-corrected chi connectivity index (χ3v) is 2.81. The number of aromatic nitrogens is 1. The van der Waals surface area contributed by atoms with Crippen molar-refractivity contribution < 1.29 is 9.53 Å². The molecule has 0 radical (unpaired) electrons. The van der Waals surface area contributed by atoms with Crippen molar-refractivity contribution >= 4 is 22.6 Å². The number of hydrogen-bond donors (Lipinski definition) is 1. The Balaban J connectivity index is 2.36. The van der Waals surface area contributed by atoms with E-state index in [9.17, 15) is 4.79 Å². The van der Waals surface area contributed by atoms with Crippen LogP contribution in [0.25, 0.3) is 10.9 Å². The monoisotopic (exact) mass is 246 g/mol. The Kier molecular flexibility index (Phi) is 3.55. The van der Waals surface area contributed by atoms with Crippen LogP contribution < -0.4 is 4.90 Å². The topological polar surface area (TPSA) is 45.3 Å². The highest BCUT2D eigenvalue weighted by molar-refractivity contribution is 5.99. The molecule has 0 aliphatic rings. The molecule has 4 heteroatoms. The van der Waals surface area contributed by atoms with Crippen LogP contribution in [-0.4, -0.2) is 31.7 Å². The van der Waals surface area contributed by atoms with E-state index in [0.29, 0.717) is 12.2 Å². The van der Waals surface area contributed by atoms with E-state index < -0.39 is 0 Å². The highest BCUT2D eigenvalue weighted by Crippen LogP contribution is 2.26. The van der Waals surface area contributed by atoms with Crippen LogP contribution in [0.4, 0.5) is 5.69 Å². The maximum absolute atomic E-state index is 11.8. The van der Waals surface area contributed by atoms with Crippen molar-refractivity contribution in [1.29, 1.82) is 0 Å². The summed E-state index contributed by atoms with van der Waals surface area (Å²) in [5.74, 6) is -0.260. The minimum absolute atomic E-state index is 0.260. The summed E-state index contributed by atoms with van der Waals surface area (Å²) in [7, 11) is 3.95. The highest BCUT2D eigenvalue weighted by Gasteiger charge is 2.11. The Morgan fingerprint density at radius 2 is 2.17 bits per heavy atom. The van der Waals surface area contributed by atoms with Gasteiger partial charge in [-0.05, 0) is 24.6 Å². The van der Waals surface area contributed by atoms with Gasteiger partial charge in [-0.25, -0.2) is 4.79 Å². The van der Waals surface area contributed by atoms with Crippen LogP contribution in [0, 0.1) is 0 Å². The van der Waals surface area contributed by atoms with Crippen LogP contribution >= 0.6 is 0 Å². The van der Waals surface area contributed by atoms with Gasteiger partial charge >= 0.3 is 5.97 Å². The number of aromatic amines is 1. The third kappa shape index (κ3) is 2.32. The Hall–Kier alpha value is -1.97. The van der Waals surface area contributed by atoms with Crippen molar-refractivity contribution in [2.75, 3.05) is 25.6 Å². The maximum Gasteiger partial charge on any atom is 0.338 e. The molecule has 0 bridgehead atoms. The van der Waals surface area contributed by atoms with Gasteiger partial charge in [0.05, 0.1) is 17.9 Å². The van der Waals surface area contributed by atoms with E-state index in [0.717, 1.165) is 23.0 Å². The van der Waals surface area contributed by atoms with Crippen molar-refractivity contribution in [3.8, 4) is 0 Å². The number of ether oxygens (including phenoxy) is 1. The second-order valence-corrected chi connectivity index (χ2v) is 4.46. The minimum Gasteiger partial charge on any atom is -0.462 e. The van der Waals surface area contributed by atoms with E-state index in [1.165, 1.54) is 0 Å². The smallest absolute Gasteiger partial charge is 0.338 e. The Morgan fingerprint density at radius 1 is 1.39 bits per heavy atom. The van der Waals surface area contributed by atoms with Gasteiger partial charge in [-0.1, -0.05) is 6.92 Å². The number of benzene rings is 1. The van der Waals surface area contributed by atoms with Gasteiger partial charge in [0.1, 0.15) is 0 Å². The number of anilines is 1. The summed E-state index contributed by atoms with van der Waals surface area (Å²) in [6.07, 6.45) is 2.77. The lowest BCUT2D eigenvalue weighted by Gasteiger charge is -2.10. The lowest BCUT2D eigenvalue weighted by atomic mass is 10.1. The summed E-state index contributed by atoms with van der Waals surface area (Å²) >= 11 is 0. The summed E-state index contributed by atoms with van der Waals surface area (Å²) in [5, 5.41) is 1.03. The van der Waals surface area contributed by atoms with Gasteiger partial charge < -0.3 is 14.6 Å². The molecule has 96 valence electrons. The molecule has 0 atom stereocenters. The molecule has 0 amide bonds. The van der Waals surface area contributed by atoms with Crippen molar-refractivity contribution in [2.24, 2.45) is 0 Å². The molecule has 1 aromatic carbocycles. The first-order valence-corrected chi connectivity index (χ1v) is 6.09. The van der Waals surface area contributed by atoms with E-state index in [2.05, 4.69) is 4.98 Å². The molecule has 0 aliphatic heterocycles. The zero-order chi connectivity index (χ0) is 13.1. The second-order valence-electron chi connectivity index (χ2n) is 4.46. The Bertz CT molecular complexity index is 558. The number of hydrogen-bond acceptors (Lipinski definition) is 3. The molecule has 0 unspecified atom stereocenters. The predicted octanol–water partition coefficient (Wildman–Crippen LogP) is 2.80. The van der Waals surface area contributed by atoms with Gasteiger partial charge in [0.15, 0.2) is 0 Å². The summed E-state index contributed by atoms with van der Waals surface area (Å²) < 4.78 is 5.14. The first-order valence-electron chi connectivity index (χ1n) is 6.09. The number of carbonyl (C=O) groups is 1. The van der Waals surface area contributed by atoms with Crippen molar-refractivity contribution in [3.05, 3.63) is 30.0 Å². The van der Waals surface area contributed by atoms with Crippen LogP contribution in [0.5, 0.6) is 0 Å². The Morgan fingerprint density at radius 3 is 2.83 bits per heavy atom. The second kappa shape index (κ2) is 5.12. The van der Waals surface area contributed by atoms with Crippen molar-refractivity contribution in [2.45, 2.75) is 13.3 Å². The molecule has 1 aromatic heterocycles. The molecule has 0 saturated heterocycles. The molecule has 2 aromatic rings. The van der Waals surface area contributed by atoms with Gasteiger partial charge in [0, 0.05) is 31.2 Å². The predicted molar refractivity (Wildman–Crippen MR) is 73.2 cm³/mol. The Labute approximate surface area is 107 Å². The fourth-order valence-corrected chi connectivity index (χ4v) is 1.88. The van der Waals surface area contributed by atoms with E-state index in [-0.39, 0.29) is 5.97 Å². The molecule has 4 nitrogen and oxygen atoms in total. The molecule has 2 rings (SSSR count). The molecular weight excluding hydrogens is 228 g/mol. The molecule has 1 heterocycles.